The Hall–Kier alpha value is -0.870. The van der Waals surface area contributed by atoms with Gasteiger partial charge < -0.3 is 9.84 Å². The third-order valence-electron chi connectivity index (χ3n) is 3.70. The van der Waals surface area contributed by atoms with Gasteiger partial charge in [0, 0.05) is 18.7 Å². The van der Waals surface area contributed by atoms with Crippen LogP contribution in [0.2, 0.25) is 0 Å². The number of hydrogen-bond donors (Lipinski definition) is 1. The van der Waals surface area contributed by atoms with Crippen molar-refractivity contribution >= 4 is 0 Å². The third kappa shape index (κ3) is 3.56. The van der Waals surface area contributed by atoms with E-state index in [1.165, 1.54) is 38.6 Å². The number of aromatic nitrogens is 1. The predicted octanol–water partition coefficient (Wildman–Crippen LogP) is 2.55. The first kappa shape index (κ1) is 13.6. The summed E-state index contributed by atoms with van der Waals surface area (Å²) in [4.78, 5) is 2.57. The Labute approximate surface area is 110 Å². The van der Waals surface area contributed by atoms with E-state index in [2.05, 4.69) is 28.4 Å². The second-order valence-electron chi connectivity index (χ2n) is 5.22. The first-order valence-corrected chi connectivity index (χ1v) is 7.16. The summed E-state index contributed by atoms with van der Waals surface area (Å²) in [6.45, 7) is 5.17. The smallest absolute Gasteiger partial charge is 0.151 e. The molecule has 4 nitrogen and oxygen atoms in total. The van der Waals surface area contributed by atoms with Crippen LogP contribution in [0.5, 0.6) is 0 Å². The van der Waals surface area contributed by atoms with Crippen molar-refractivity contribution in [1.82, 2.24) is 15.4 Å². The zero-order chi connectivity index (χ0) is 12.8. The van der Waals surface area contributed by atoms with Crippen molar-refractivity contribution < 1.29 is 4.52 Å². The molecule has 0 aromatic carbocycles. The summed E-state index contributed by atoms with van der Waals surface area (Å²) < 4.78 is 5.41. The number of likely N-dealkylation sites (tertiary alicyclic amines) is 1. The summed E-state index contributed by atoms with van der Waals surface area (Å²) in [5.41, 5.74) is 0.997. The molecular weight excluding hydrogens is 226 g/mol. The van der Waals surface area contributed by atoms with Crippen molar-refractivity contribution in [3.05, 3.63) is 17.5 Å². The average molecular weight is 251 g/mol. The number of nitrogens with one attached hydrogen (secondary N) is 1. The lowest BCUT2D eigenvalue weighted by Gasteiger charge is -2.34. The van der Waals surface area contributed by atoms with Crippen LogP contribution in [0.25, 0.3) is 0 Å². The number of nitrogens with zero attached hydrogens (tertiary/aromatic N) is 2. The van der Waals surface area contributed by atoms with Crippen LogP contribution in [-0.2, 0) is 13.1 Å². The summed E-state index contributed by atoms with van der Waals surface area (Å²) in [6, 6.07) is 2.82. The Balaban J connectivity index is 1.92. The van der Waals surface area contributed by atoms with Gasteiger partial charge in [-0.25, -0.2) is 0 Å². The molecule has 1 aromatic rings. The summed E-state index contributed by atoms with van der Waals surface area (Å²) in [7, 11) is 1.93. The molecule has 0 bridgehead atoms. The van der Waals surface area contributed by atoms with E-state index in [-0.39, 0.29) is 0 Å². The van der Waals surface area contributed by atoms with E-state index < -0.39 is 0 Å². The van der Waals surface area contributed by atoms with Gasteiger partial charge in [-0.05, 0) is 32.9 Å². The maximum atomic E-state index is 5.41. The highest BCUT2D eigenvalue weighted by Gasteiger charge is 2.22. The second kappa shape index (κ2) is 6.90. The summed E-state index contributed by atoms with van der Waals surface area (Å²) in [5.74, 6) is 1.00. The van der Waals surface area contributed by atoms with Gasteiger partial charge in [-0.15, -0.1) is 0 Å². The van der Waals surface area contributed by atoms with Crippen molar-refractivity contribution in [1.29, 1.82) is 0 Å². The van der Waals surface area contributed by atoms with Crippen LogP contribution in [-0.4, -0.2) is 29.7 Å². The van der Waals surface area contributed by atoms with E-state index >= 15 is 0 Å². The molecule has 0 spiro atoms. The minimum atomic E-state index is 0.738. The van der Waals surface area contributed by atoms with Gasteiger partial charge in [0.25, 0.3) is 0 Å². The van der Waals surface area contributed by atoms with Crippen LogP contribution in [0.3, 0.4) is 0 Å². The summed E-state index contributed by atoms with van der Waals surface area (Å²) in [6.07, 6.45) is 6.60. The van der Waals surface area contributed by atoms with Gasteiger partial charge in [-0.3, -0.25) is 4.90 Å². The average Bonchev–Trinajstić information content (AvgIpc) is 2.80. The zero-order valence-corrected chi connectivity index (χ0v) is 11.6. The van der Waals surface area contributed by atoms with E-state index in [9.17, 15) is 0 Å². The Morgan fingerprint density at radius 2 is 2.39 bits per heavy atom. The van der Waals surface area contributed by atoms with Gasteiger partial charge in [0.05, 0.1) is 12.2 Å². The molecule has 0 aliphatic carbocycles. The molecule has 4 heteroatoms. The number of rotatable bonds is 6. The normalized spacial score (nSPS) is 21.3. The molecule has 1 aliphatic heterocycles. The molecule has 18 heavy (non-hydrogen) atoms. The molecule has 1 atom stereocenters. The zero-order valence-electron chi connectivity index (χ0n) is 11.6. The van der Waals surface area contributed by atoms with Gasteiger partial charge in [-0.2, -0.15) is 0 Å². The highest BCUT2D eigenvalue weighted by Crippen LogP contribution is 2.23. The first-order valence-electron chi connectivity index (χ1n) is 7.16. The van der Waals surface area contributed by atoms with Gasteiger partial charge in [0.1, 0.15) is 0 Å². The molecule has 1 unspecified atom stereocenters. The molecule has 1 N–H and O–H groups in total. The molecule has 1 saturated heterocycles. The monoisotopic (exact) mass is 251 g/mol. The van der Waals surface area contributed by atoms with E-state index in [1.807, 2.05) is 7.05 Å². The largest absolute Gasteiger partial charge is 0.360 e. The molecule has 2 rings (SSSR count). The van der Waals surface area contributed by atoms with Gasteiger partial charge in [0.15, 0.2) is 5.76 Å². The molecule has 0 saturated carbocycles. The van der Waals surface area contributed by atoms with E-state index in [0.717, 1.165) is 30.6 Å². The van der Waals surface area contributed by atoms with E-state index in [1.54, 1.807) is 0 Å². The van der Waals surface area contributed by atoms with Crippen LogP contribution in [0.15, 0.2) is 10.6 Å². The lowest BCUT2D eigenvalue weighted by Crippen LogP contribution is -2.38. The Bertz CT molecular complexity index is 349. The Kier molecular flexibility index (Phi) is 5.20. The quantitative estimate of drug-likeness (QED) is 0.843. The van der Waals surface area contributed by atoms with Gasteiger partial charge in [-0.1, -0.05) is 24.9 Å². The lowest BCUT2D eigenvalue weighted by molar-refractivity contribution is 0.118. The van der Waals surface area contributed by atoms with E-state index in [4.69, 9.17) is 4.52 Å². The lowest BCUT2D eigenvalue weighted by atomic mass is 9.98. The summed E-state index contributed by atoms with van der Waals surface area (Å²) >= 11 is 0. The first-order chi connectivity index (χ1) is 8.83. The van der Waals surface area contributed by atoms with Crippen LogP contribution in [0, 0.1) is 0 Å². The minimum absolute atomic E-state index is 0.738. The van der Waals surface area contributed by atoms with Crippen LogP contribution < -0.4 is 5.32 Å². The predicted molar refractivity (Wildman–Crippen MR) is 72.2 cm³/mol. The standard InChI is InChI=1S/C14H25N3O/c1-3-6-13-7-4-5-8-17(13)11-14-9-12(10-15-2)16-18-14/h9,13,15H,3-8,10-11H2,1-2H3. The van der Waals surface area contributed by atoms with Gasteiger partial charge >= 0.3 is 0 Å². The maximum absolute atomic E-state index is 5.41. The van der Waals surface area contributed by atoms with Crippen molar-refractivity contribution in [2.75, 3.05) is 13.6 Å². The molecule has 1 aromatic heterocycles. The highest BCUT2D eigenvalue weighted by molar-refractivity contribution is 5.05. The fourth-order valence-electron chi connectivity index (χ4n) is 2.82. The maximum Gasteiger partial charge on any atom is 0.151 e. The van der Waals surface area contributed by atoms with Crippen LogP contribution >= 0.6 is 0 Å². The molecule has 2 heterocycles. The fourth-order valence-corrected chi connectivity index (χ4v) is 2.82. The van der Waals surface area contributed by atoms with Crippen molar-refractivity contribution in [3.8, 4) is 0 Å². The molecule has 102 valence electrons. The Morgan fingerprint density at radius 3 is 3.17 bits per heavy atom. The Morgan fingerprint density at radius 1 is 1.50 bits per heavy atom. The fraction of sp³-hybridized carbons (Fsp3) is 0.786. The third-order valence-corrected chi connectivity index (χ3v) is 3.70. The SMILES string of the molecule is CCCC1CCCCN1Cc1cc(CNC)no1. The molecule has 1 fully saturated rings. The van der Waals surface area contributed by atoms with Crippen molar-refractivity contribution in [3.63, 3.8) is 0 Å². The summed E-state index contributed by atoms with van der Waals surface area (Å²) in [5, 5.41) is 7.17. The second-order valence-corrected chi connectivity index (χ2v) is 5.22. The highest BCUT2D eigenvalue weighted by atomic mass is 16.5. The van der Waals surface area contributed by atoms with Gasteiger partial charge in [0.2, 0.25) is 0 Å². The minimum Gasteiger partial charge on any atom is -0.360 e. The number of piperidine rings is 1. The molecule has 0 amide bonds. The molecular formula is C14H25N3O. The number of hydrogen-bond acceptors (Lipinski definition) is 4. The molecule has 1 aliphatic rings. The van der Waals surface area contributed by atoms with E-state index in [0.29, 0.717) is 0 Å². The topological polar surface area (TPSA) is 41.3 Å². The van der Waals surface area contributed by atoms with Crippen LogP contribution in [0.4, 0.5) is 0 Å². The van der Waals surface area contributed by atoms with Crippen molar-refractivity contribution in [2.24, 2.45) is 0 Å². The van der Waals surface area contributed by atoms with Crippen molar-refractivity contribution in [2.45, 2.75) is 58.2 Å². The van der Waals surface area contributed by atoms with Crippen LogP contribution in [0.1, 0.15) is 50.5 Å². The molecule has 0 radical (unpaired) electrons.